The van der Waals surface area contributed by atoms with Gasteiger partial charge in [-0.05, 0) is 0 Å². The van der Waals surface area contributed by atoms with Crippen molar-refractivity contribution in [3.05, 3.63) is 146 Å². The molecule has 0 atom stereocenters. The molecular weight excluding hydrogens is 611 g/mol. The predicted octanol–water partition coefficient (Wildman–Crippen LogP) is 10.9. The van der Waals surface area contributed by atoms with E-state index in [1.54, 1.807) is 0 Å². The minimum Gasteiger partial charge on any atom is -0.0616 e. The first-order valence-electron chi connectivity index (χ1n) is 15.2. The molecule has 2 heterocycles. The van der Waals surface area contributed by atoms with E-state index in [0.29, 0.717) is 14.5 Å². The zero-order chi connectivity index (χ0) is 29.5. The fourth-order valence-corrected chi connectivity index (χ4v) is 9.48. The molecule has 0 bridgehead atoms. The first kappa shape index (κ1) is 25.0. The molecule has 8 aromatic carbocycles. The number of benzene rings is 8. The maximum absolute atomic E-state index is 5.27. The summed E-state index contributed by atoms with van der Waals surface area (Å²) in [4.78, 5) is 10.5. The molecule has 0 fully saturated rings. The molecule has 0 N–H and O–H groups in total. The number of aromatic nitrogens is 2. The molecule has 0 spiro atoms. The second kappa shape index (κ2) is 9.58. The van der Waals surface area contributed by atoms with E-state index in [1.165, 1.54) is 57.0 Å². The van der Waals surface area contributed by atoms with Crippen LogP contribution in [-0.4, -0.2) is 24.5 Å². The first-order chi connectivity index (χ1) is 22.3. The molecule has 0 aliphatic rings. The summed E-state index contributed by atoms with van der Waals surface area (Å²) in [6.07, 6.45) is 0. The van der Waals surface area contributed by atoms with Crippen LogP contribution in [-0.2, 0) is 0 Å². The minimum absolute atomic E-state index is 0.313. The molecule has 2 aromatic heterocycles. The third-order valence-corrected chi connectivity index (χ3v) is 11.6. The molecule has 0 radical (unpaired) electrons. The van der Waals surface area contributed by atoms with Gasteiger partial charge < -0.3 is 0 Å². The Hall–Kier alpha value is -5.34. The van der Waals surface area contributed by atoms with Gasteiger partial charge in [0.15, 0.2) is 0 Å². The van der Waals surface area contributed by atoms with E-state index in [-0.39, 0.29) is 0 Å². The summed E-state index contributed by atoms with van der Waals surface area (Å²) in [6.45, 7) is 0. The number of fused-ring (bicyclic) bond motifs is 12. The van der Waals surface area contributed by atoms with Crippen molar-refractivity contribution in [2.24, 2.45) is 0 Å². The molecule has 208 valence electrons. The van der Waals surface area contributed by atoms with Gasteiger partial charge in [-0.3, -0.25) is 0 Å². The van der Waals surface area contributed by atoms with Gasteiger partial charge in [0, 0.05) is 0 Å². The Balaban J connectivity index is 1.29. The molecule has 0 aliphatic heterocycles. The quantitative estimate of drug-likeness (QED) is 0.140. The zero-order valence-corrected chi connectivity index (χ0v) is 25.9. The molecule has 0 saturated carbocycles. The Labute approximate surface area is 265 Å². The smallest absolute Gasteiger partial charge is 0.0616 e. The average molecular weight is 636 g/mol. The first-order valence-corrected chi connectivity index (χ1v) is 17.0. The van der Waals surface area contributed by atoms with Crippen molar-refractivity contribution >= 4 is 87.8 Å². The number of hydrogen-bond donors (Lipinski definition) is 0. The SMILES string of the molecule is c1ccc(-c2nc(-c3ccc4c(c3)c3ccccc3c3cc5c(cc43)[se]c3ccccc35)nc3c2ccc2ccccc23)cc1. The predicted molar refractivity (Wildman–Crippen MR) is 192 cm³/mol. The Kier molecular flexibility index (Phi) is 5.33. The number of rotatable bonds is 2. The summed E-state index contributed by atoms with van der Waals surface area (Å²) in [7, 11) is 0. The van der Waals surface area contributed by atoms with Crippen molar-refractivity contribution in [1.82, 2.24) is 9.97 Å². The summed E-state index contributed by atoms with van der Waals surface area (Å²) < 4.78 is 2.94. The Morgan fingerprint density at radius 1 is 0.356 bits per heavy atom. The van der Waals surface area contributed by atoms with E-state index < -0.39 is 0 Å². The van der Waals surface area contributed by atoms with Crippen molar-refractivity contribution in [2.45, 2.75) is 0 Å². The van der Waals surface area contributed by atoms with Gasteiger partial charge in [-0.25, -0.2) is 0 Å². The Morgan fingerprint density at radius 3 is 1.84 bits per heavy atom. The van der Waals surface area contributed by atoms with Gasteiger partial charge in [0.25, 0.3) is 0 Å². The van der Waals surface area contributed by atoms with Gasteiger partial charge in [0.2, 0.25) is 0 Å². The molecule has 0 aliphatic carbocycles. The van der Waals surface area contributed by atoms with Crippen LogP contribution in [0, 0.1) is 0 Å². The Bertz CT molecular complexity index is 2810. The molecule has 2 nitrogen and oxygen atoms in total. The molecule has 10 aromatic rings. The zero-order valence-electron chi connectivity index (χ0n) is 24.2. The van der Waals surface area contributed by atoms with E-state index in [9.17, 15) is 0 Å². The number of nitrogens with zero attached hydrogens (tertiary/aromatic N) is 2. The summed E-state index contributed by atoms with van der Waals surface area (Å²) in [5.41, 5.74) is 4.06. The summed E-state index contributed by atoms with van der Waals surface area (Å²) in [5.74, 6) is 0.747. The standard InChI is InChI=1S/C42H24N2Se/c1-2-11-26(12-3-1)40-33-21-18-25-10-4-5-13-28(25)41(33)44-42(43-40)27-19-20-31-34(22-27)29-14-6-7-15-30(29)35-23-37-32-16-8-9-17-38(32)45-39(37)24-36(31)35/h1-24H. The van der Waals surface area contributed by atoms with Crippen LogP contribution in [0.1, 0.15) is 0 Å². The van der Waals surface area contributed by atoms with Crippen molar-refractivity contribution in [2.75, 3.05) is 0 Å². The van der Waals surface area contributed by atoms with Gasteiger partial charge >= 0.3 is 224 Å². The van der Waals surface area contributed by atoms with Gasteiger partial charge in [-0.2, -0.15) is 0 Å². The van der Waals surface area contributed by atoms with Gasteiger partial charge in [0.05, 0.1) is 0 Å². The van der Waals surface area contributed by atoms with Gasteiger partial charge in [0.1, 0.15) is 0 Å². The van der Waals surface area contributed by atoms with Crippen LogP contribution in [0.2, 0.25) is 0 Å². The summed E-state index contributed by atoms with van der Waals surface area (Å²) >= 11 is 0.313. The molecule has 10 rings (SSSR count). The minimum atomic E-state index is 0.313. The molecule has 45 heavy (non-hydrogen) atoms. The van der Waals surface area contributed by atoms with E-state index in [4.69, 9.17) is 9.97 Å². The van der Waals surface area contributed by atoms with E-state index in [2.05, 4.69) is 146 Å². The van der Waals surface area contributed by atoms with Crippen LogP contribution in [0.5, 0.6) is 0 Å². The van der Waals surface area contributed by atoms with Gasteiger partial charge in [-0.15, -0.1) is 0 Å². The average Bonchev–Trinajstić information content (AvgIpc) is 3.48. The van der Waals surface area contributed by atoms with E-state index >= 15 is 0 Å². The van der Waals surface area contributed by atoms with Gasteiger partial charge in [-0.1, -0.05) is 42.5 Å². The molecular formula is C42H24N2Se. The maximum atomic E-state index is 5.27. The van der Waals surface area contributed by atoms with Crippen LogP contribution < -0.4 is 0 Å². The monoisotopic (exact) mass is 636 g/mol. The van der Waals surface area contributed by atoms with Crippen molar-refractivity contribution in [1.29, 1.82) is 0 Å². The van der Waals surface area contributed by atoms with E-state index in [1.807, 2.05) is 0 Å². The van der Waals surface area contributed by atoms with Crippen LogP contribution in [0.4, 0.5) is 0 Å². The van der Waals surface area contributed by atoms with Crippen molar-refractivity contribution in [3.63, 3.8) is 0 Å². The fraction of sp³-hybridized carbons (Fsp3) is 0. The van der Waals surface area contributed by atoms with Crippen LogP contribution in [0.25, 0.3) is 95.9 Å². The number of hydrogen-bond acceptors (Lipinski definition) is 2. The third kappa shape index (κ3) is 3.75. The van der Waals surface area contributed by atoms with E-state index in [0.717, 1.165) is 38.9 Å². The normalized spacial score (nSPS) is 12.0. The van der Waals surface area contributed by atoms with Crippen LogP contribution in [0.3, 0.4) is 0 Å². The fourth-order valence-electron chi connectivity index (χ4n) is 7.12. The van der Waals surface area contributed by atoms with Crippen molar-refractivity contribution < 1.29 is 0 Å². The molecule has 0 unspecified atom stereocenters. The Morgan fingerprint density at radius 2 is 1.00 bits per heavy atom. The van der Waals surface area contributed by atoms with Crippen LogP contribution in [0.15, 0.2) is 146 Å². The molecule has 0 amide bonds. The second-order valence-electron chi connectivity index (χ2n) is 11.7. The summed E-state index contributed by atoms with van der Waals surface area (Å²) in [5, 5.41) is 13.9. The third-order valence-electron chi connectivity index (χ3n) is 9.23. The molecule has 3 heteroatoms. The topological polar surface area (TPSA) is 25.8 Å². The van der Waals surface area contributed by atoms with Crippen molar-refractivity contribution in [3.8, 4) is 22.6 Å². The summed E-state index contributed by atoms with van der Waals surface area (Å²) in [6, 6.07) is 52.8. The second-order valence-corrected chi connectivity index (χ2v) is 14.0. The molecule has 0 saturated heterocycles. The van der Waals surface area contributed by atoms with Crippen LogP contribution >= 0.6 is 0 Å².